The van der Waals surface area contributed by atoms with E-state index in [0.29, 0.717) is 21.2 Å². The van der Waals surface area contributed by atoms with Gasteiger partial charge in [0.1, 0.15) is 5.82 Å². The molecule has 1 fully saturated rings. The maximum Gasteiger partial charge on any atom is 0.338 e. The van der Waals surface area contributed by atoms with Crippen LogP contribution in [0.3, 0.4) is 0 Å². The standard InChI is InChI=1S/C17H10Cl2FN3O2S2/c18-12-6-5-11(8-13(12)19)21-16(25)22-23-15(24)14(27-17(23)26)7-9-1-3-10(20)4-2-9/h1-8H,(H2,21,22,25)/b14-7+. The molecule has 1 aliphatic heterocycles. The van der Waals surface area contributed by atoms with Crippen molar-refractivity contribution in [3.05, 3.63) is 68.8 Å². The average molecular weight is 442 g/mol. The van der Waals surface area contributed by atoms with Crippen molar-refractivity contribution in [2.45, 2.75) is 0 Å². The summed E-state index contributed by atoms with van der Waals surface area (Å²) in [4.78, 5) is 24.9. The SMILES string of the molecule is O=C(Nc1ccc(Cl)c(Cl)c1)NN1C(=O)/C(=C\c2ccc(F)cc2)SC1=S. The van der Waals surface area contributed by atoms with Crippen LogP contribution < -0.4 is 10.7 Å². The average Bonchev–Trinajstić information content (AvgIpc) is 2.87. The second-order valence-corrected chi connectivity index (χ2v) is 7.75. The minimum Gasteiger partial charge on any atom is -0.307 e. The van der Waals surface area contributed by atoms with Crippen molar-refractivity contribution in [3.63, 3.8) is 0 Å². The molecule has 2 aromatic carbocycles. The molecule has 1 heterocycles. The lowest BCUT2D eigenvalue weighted by Crippen LogP contribution is -2.46. The number of halogens is 3. The third kappa shape index (κ3) is 4.78. The van der Waals surface area contributed by atoms with E-state index < -0.39 is 11.9 Å². The van der Waals surface area contributed by atoms with Crippen LogP contribution in [0, 0.1) is 5.82 Å². The summed E-state index contributed by atoms with van der Waals surface area (Å²) in [6.07, 6.45) is 1.57. The first-order chi connectivity index (χ1) is 12.8. The van der Waals surface area contributed by atoms with E-state index in [1.807, 2.05) is 0 Å². The molecule has 0 atom stereocenters. The second kappa shape index (κ2) is 8.26. The Labute approximate surface area is 173 Å². The Morgan fingerprint density at radius 2 is 1.85 bits per heavy atom. The fourth-order valence-corrected chi connectivity index (χ4v) is 3.59. The van der Waals surface area contributed by atoms with Gasteiger partial charge in [-0.15, -0.1) is 0 Å². The van der Waals surface area contributed by atoms with Crippen LogP contribution >= 0.6 is 47.2 Å². The molecule has 5 nitrogen and oxygen atoms in total. The molecule has 0 spiro atoms. The Kier molecular flexibility index (Phi) is 6.01. The first-order valence-electron chi connectivity index (χ1n) is 7.40. The molecule has 0 aromatic heterocycles. The topological polar surface area (TPSA) is 61.4 Å². The van der Waals surface area contributed by atoms with Crippen LogP contribution in [0.4, 0.5) is 14.9 Å². The number of carbonyl (C=O) groups is 2. The highest BCUT2D eigenvalue weighted by Crippen LogP contribution is 2.31. The van der Waals surface area contributed by atoms with Crippen molar-refractivity contribution in [2.24, 2.45) is 0 Å². The Morgan fingerprint density at radius 3 is 2.52 bits per heavy atom. The number of nitrogens with zero attached hydrogens (tertiary/aromatic N) is 1. The first kappa shape index (κ1) is 19.6. The number of hydrazine groups is 1. The van der Waals surface area contributed by atoms with Crippen molar-refractivity contribution in [1.82, 2.24) is 10.4 Å². The van der Waals surface area contributed by atoms with Gasteiger partial charge in [0.25, 0.3) is 5.91 Å². The molecular formula is C17H10Cl2FN3O2S2. The van der Waals surface area contributed by atoms with Crippen molar-refractivity contribution in [3.8, 4) is 0 Å². The van der Waals surface area contributed by atoms with E-state index in [-0.39, 0.29) is 15.2 Å². The molecule has 1 saturated heterocycles. The van der Waals surface area contributed by atoms with Gasteiger partial charge in [-0.3, -0.25) is 4.79 Å². The Hall–Kier alpha value is -2.13. The Bertz CT molecular complexity index is 967. The fourth-order valence-electron chi connectivity index (χ4n) is 2.11. The second-order valence-electron chi connectivity index (χ2n) is 5.26. The molecular weight excluding hydrogens is 432 g/mol. The van der Waals surface area contributed by atoms with Crippen molar-refractivity contribution >= 4 is 75.2 Å². The molecule has 0 radical (unpaired) electrons. The zero-order valence-corrected chi connectivity index (χ0v) is 16.5. The predicted molar refractivity (Wildman–Crippen MR) is 110 cm³/mol. The van der Waals surface area contributed by atoms with E-state index in [1.165, 1.54) is 36.4 Å². The minimum atomic E-state index is -0.673. The summed E-state index contributed by atoms with van der Waals surface area (Å²) in [6.45, 7) is 0. The zero-order chi connectivity index (χ0) is 19.6. The molecule has 2 N–H and O–H groups in total. The summed E-state index contributed by atoms with van der Waals surface area (Å²) < 4.78 is 13.1. The molecule has 0 aliphatic carbocycles. The summed E-state index contributed by atoms with van der Waals surface area (Å²) in [5, 5.41) is 4.12. The number of benzene rings is 2. The molecule has 1 aliphatic rings. The fraction of sp³-hybridized carbons (Fsp3) is 0. The highest BCUT2D eigenvalue weighted by atomic mass is 35.5. The number of hydrogen-bond donors (Lipinski definition) is 2. The number of rotatable bonds is 3. The third-order valence-electron chi connectivity index (χ3n) is 3.35. The van der Waals surface area contributed by atoms with E-state index in [0.717, 1.165) is 16.8 Å². The van der Waals surface area contributed by atoms with Gasteiger partial charge in [0.15, 0.2) is 4.32 Å². The molecule has 0 unspecified atom stereocenters. The monoisotopic (exact) mass is 441 g/mol. The van der Waals surface area contributed by atoms with Crippen molar-refractivity contribution in [1.29, 1.82) is 0 Å². The van der Waals surface area contributed by atoms with Crippen LogP contribution in [0.15, 0.2) is 47.4 Å². The summed E-state index contributed by atoms with van der Waals surface area (Å²) in [7, 11) is 0. The van der Waals surface area contributed by atoms with Gasteiger partial charge >= 0.3 is 6.03 Å². The van der Waals surface area contributed by atoms with Crippen LogP contribution in [-0.2, 0) is 4.79 Å². The number of nitrogens with one attached hydrogen (secondary N) is 2. The minimum absolute atomic E-state index is 0.164. The lowest BCUT2D eigenvalue weighted by atomic mass is 10.2. The third-order valence-corrected chi connectivity index (χ3v) is 5.39. The molecule has 138 valence electrons. The molecule has 2 aromatic rings. The number of anilines is 1. The number of carbonyl (C=O) groups excluding carboxylic acids is 2. The highest BCUT2D eigenvalue weighted by molar-refractivity contribution is 8.26. The van der Waals surface area contributed by atoms with Gasteiger partial charge in [0.2, 0.25) is 0 Å². The van der Waals surface area contributed by atoms with Gasteiger partial charge in [0, 0.05) is 5.69 Å². The first-order valence-corrected chi connectivity index (χ1v) is 9.38. The van der Waals surface area contributed by atoms with Gasteiger partial charge in [-0.2, -0.15) is 5.01 Å². The number of hydrogen-bond acceptors (Lipinski definition) is 4. The smallest absolute Gasteiger partial charge is 0.307 e. The summed E-state index contributed by atoms with van der Waals surface area (Å²) in [5.41, 5.74) is 3.41. The lowest BCUT2D eigenvalue weighted by Gasteiger charge is -2.16. The van der Waals surface area contributed by atoms with Gasteiger partial charge in [-0.05, 0) is 54.2 Å². The predicted octanol–water partition coefficient (Wildman–Crippen LogP) is 5.07. The maximum absolute atomic E-state index is 13.0. The molecule has 3 rings (SSSR count). The van der Waals surface area contributed by atoms with E-state index >= 15 is 0 Å². The quantitative estimate of drug-likeness (QED) is 0.515. The lowest BCUT2D eigenvalue weighted by molar-refractivity contribution is -0.123. The summed E-state index contributed by atoms with van der Waals surface area (Å²) in [6, 6.07) is 9.54. The van der Waals surface area contributed by atoms with Gasteiger partial charge < -0.3 is 5.32 Å². The summed E-state index contributed by atoms with van der Waals surface area (Å²) >= 11 is 17.9. The van der Waals surface area contributed by atoms with E-state index in [4.69, 9.17) is 35.4 Å². The molecule has 10 heteroatoms. The molecule has 0 bridgehead atoms. The zero-order valence-electron chi connectivity index (χ0n) is 13.3. The Morgan fingerprint density at radius 1 is 1.15 bits per heavy atom. The molecule has 3 amide bonds. The largest absolute Gasteiger partial charge is 0.338 e. The highest BCUT2D eigenvalue weighted by Gasteiger charge is 2.33. The number of thioether (sulfide) groups is 1. The van der Waals surface area contributed by atoms with Gasteiger partial charge in [0.05, 0.1) is 15.0 Å². The van der Waals surface area contributed by atoms with E-state index in [2.05, 4.69) is 10.7 Å². The molecule has 27 heavy (non-hydrogen) atoms. The number of thiocarbonyl (C=S) groups is 1. The van der Waals surface area contributed by atoms with Crippen LogP contribution in [0.5, 0.6) is 0 Å². The van der Waals surface area contributed by atoms with Crippen LogP contribution in [0.25, 0.3) is 6.08 Å². The van der Waals surface area contributed by atoms with Crippen LogP contribution in [-0.4, -0.2) is 21.3 Å². The summed E-state index contributed by atoms with van der Waals surface area (Å²) in [5.74, 6) is -0.862. The van der Waals surface area contributed by atoms with Crippen LogP contribution in [0.2, 0.25) is 10.0 Å². The van der Waals surface area contributed by atoms with Crippen molar-refractivity contribution < 1.29 is 14.0 Å². The van der Waals surface area contributed by atoms with E-state index in [9.17, 15) is 14.0 Å². The molecule has 0 saturated carbocycles. The van der Waals surface area contributed by atoms with E-state index in [1.54, 1.807) is 12.1 Å². The number of urea groups is 1. The maximum atomic E-state index is 13.0. The van der Waals surface area contributed by atoms with Gasteiger partial charge in [-0.25, -0.2) is 14.6 Å². The number of amides is 3. The Balaban J connectivity index is 1.68. The van der Waals surface area contributed by atoms with Gasteiger partial charge in [-0.1, -0.05) is 47.1 Å². The normalized spacial score (nSPS) is 15.4. The van der Waals surface area contributed by atoms with Crippen molar-refractivity contribution in [2.75, 3.05) is 5.32 Å². The van der Waals surface area contributed by atoms with Crippen LogP contribution in [0.1, 0.15) is 5.56 Å².